The first kappa shape index (κ1) is 17.8. The molecular weight excluding hydrogens is 321 g/mol. The van der Waals surface area contributed by atoms with Crippen LogP contribution in [0.1, 0.15) is 18.1 Å². The number of benzene rings is 1. The molecule has 0 aliphatic heterocycles. The second-order valence-corrected chi connectivity index (χ2v) is 5.07. The zero-order valence-electron chi connectivity index (χ0n) is 13.0. The van der Waals surface area contributed by atoms with Crippen molar-refractivity contribution >= 4 is 11.8 Å². The number of ether oxygens (including phenoxy) is 1. The normalized spacial score (nSPS) is 12.5. The highest BCUT2D eigenvalue weighted by molar-refractivity contribution is 5.79. The number of nitrogens with zero attached hydrogens (tertiary/aromatic N) is 1. The molecule has 2 rings (SSSR count). The van der Waals surface area contributed by atoms with E-state index in [4.69, 9.17) is 4.74 Å². The monoisotopic (exact) mass is 338 g/mol. The van der Waals surface area contributed by atoms with Gasteiger partial charge in [-0.15, -0.1) is 0 Å². The highest BCUT2D eigenvalue weighted by Crippen LogP contribution is 2.29. The SMILES string of the molecule is CCOC(=O)C(Cc1ccccc1)Nc1ccc(C(F)(F)F)cn1. The quantitative estimate of drug-likeness (QED) is 0.816. The van der Waals surface area contributed by atoms with E-state index in [0.29, 0.717) is 6.42 Å². The third kappa shape index (κ3) is 4.97. The molecule has 0 bridgehead atoms. The summed E-state index contributed by atoms with van der Waals surface area (Å²) in [7, 11) is 0. The lowest BCUT2D eigenvalue weighted by Gasteiger charge is -2.18. The summed E-state index contributed by atoms with van der Waals surface area (Å²) in [6, 6.07) is 10.6. The minimum Gasteiger partial charge on any atom is -0.464 e. The number of pyridine rings is 1. The summed E-state index contributed by atoms with van der Waals surface area (Å²) in [4.78, 5) is 15.8. The fraction of sp³-hybridized carbons (Fsp3) is 0.294. The van der Waals surface area contributed by atoms with Crippen molar-refractivity contribution in [2.24, 2.45) is 0 Å². The molecule has 0 saturated carbocycles. The highest BCUT2D eigenvalue weighted by atomic mass is 19.4. The number of anilines is 1. The van der Waals surface area contributed by atoms with Gasteiger partial charge in [0.05, 0.1) is 12.2 Å². The topological polar surface area (TPSA) is 51.2 Å². The number of aromatic nitrogens is 1. The van der Waals surface area contributed by atoms with Crippen LogP contribution in [-0.4, -0.2) is 23.6 Å². The molecule has 0 fully saturated rings. The van der Waals surface area contributed by atoms with Gasteiger partial charge in [-0.25, -0.2) is 9.78 Å². The molecule has 1 atom stereocenters. The lowest BCUT2D eigenvalue weighted by molar-refractivity contribution is -0.144. The maximum absolute atomic E-state index is 12.6. The van der Waals surface area contributed by atoms with Crippen LogP contribution in [0.25, 0.3) is 0 Å². The van der Waals surface area contributed by atoms with Crippen molar-refractivity contribution in [1.29, 1.82) is 0 Å². The molecule has 4 nitrogen and oxygen atoms in total. The minimum atomic E-state index is -4.45. The van der Waals surface area contributed by atoms with E-state index < -0.39 is 23.8 Å². The Balaban J connectivity index is 2.14. The second kappa shape index (κ2) is 7.81. The maximum Gasteiger partial charge on any atom is 0.417 e. The molecule has 1 unspecified atom stereocenters. The Labute approximate surface area is 137 Å². The minimum absolute atomic E-state index is 0.178. The van der Waals surface area contributed by atoms with Crippen LogP contribution in [0.3, 0.4) is 0 Å². The van der Waals surface area contributed by atoms with Crippen molar-refractivity contribution in [1.82, 2.24) is 4.98 Å². The molecule has 0 amide bonds. The van der Waals surface area contributed by atoms with Crippen molar-refractivity contribution in [3.05, 3.63) is 59.8 Å². The largest absolute Gasteiger partial charge is 0.464 e. The van der Waals surface area contributed by atoms with Crippen LogP contribution in [0.4, 0.5) is 19.0 Å². The van der Waals surface area contributed by atoms with Crippen LogP contribution >= 0.6 is 0 Å². The van der Waals surface area contributed by atoms with E-state index in [1.165, 1.54) is 6.07 Å². The lowest BCUT2D eigenvalue weighted by Crippen LogP contribution is -2.34. The van der Waals surface area contributed by atoms with Crippen molar-refractivity contribution in [2.45, 2.75) is 25.6 Å². The van der Waals surface area contributed by atoms with Crippen molar-refractivity contribution in [3.63, 3.8) is 0 Å². The summed E-state index contributed by atoms with van der Waals surface area (Å²) in [5.74, 6) is -0.306. The Morgan fingerprint density at radius 3 is 2.46 bits per heavy atom. The van der Waals surface area contributed by atoms with E-state index in [0.717, 1.165) is 17.8 Å². The molecule has 0 saturated heterocycles. The van der Waals surface area contributed by atoms with Gasteiger partial charge < -0.3 is 10.1 Å². The van der Waals surface area contributed by atoms with Gasteiger partial charge in [0.1, 0.15) is 11.9 Å². The van der Waals surface area contributed by atoms with Crippen molar-refractivity contribution in [2.75, 3.05) is 11.9 Å². The molecule has 24 heavy (non-hydrogen) atoms. The molecule has 0 spiro atoms. The summed E-state index contributed by atoms with van der Waals surface area (Å²) in [6.45, 7) is 1.90. The number of halogens is 3. The number of hydrogen-bond donors (Lipinski definition) is 1. The summed E-state index contributed by atoms with van der Waals surface area (Å²) in [5, 5.41) is 2.84. The van der Waals surface area contributed by atoms with Gasteiger partial charge in [0.2, 0.25) is 0 Å². The number of alkyl halides is 3. The van der Waals surface area contributed by atoms with Crippen LogP contribution in [0.5, 0.6) is 0 Å². The first-order valence-corrected chi connectivity index (χ1v) is 7.40. The first-order valence-electron chi connectivity index (χ1n) is 7.40. The summed E-state index contributed by atoms with van der Waals surface area (Å²) in [5.41, 5.74) is 0.0544. The molecule has 1 aromatic carbocycles. The molecule has 1 N–H and O–H groups in total. The molecule has 1 aromatic heterocycles. The van der Waals surface area contributed by atoms with Gasteiger partial charge in [-0.3, -0.25) is 0 Å². The Morgan fingerprint density at radius 2 is 1.92 bits per heavy atom. The Kier molecular flexibility index (Phi) is 5.78. The Bertz CT molecular complexity index is 658. The van der Waals surface area contributed by atoms with E-state index in [-0.39, 0.29) is 12.4 Å². The molecule has 1 heterocycles. The van der Waals surface area contributed by atoms with Crippen molar-refractivity contribution < 1.29 is 22.7 Å². The fourth-order valence-electron chi connectivity index (χ4n) is 2.11. The van der Waals surface area contributed by atoms with E-state index in [1.807, 2.05) is 30.3 Å². The maximum atomic E-state index is 12.6. The average Bonchev–Trinajstić information content (AvgIpc) is 2.55. The lowest BCUT2D eigenvalue weighted by atomic mass is 10.1. The van der Waals surface area contributed by atoms with E-state index in [2.05, 4.69) is 10.3 Å². The molecule has 0 aliphatic carbocycles. The van der Waals surface area contributed by atoms with Crippen LogP contribution in [0, 0.1) is 0 Å². The third-order valence-corrected chi connectivity index (χ3v) is 3.27. The molecular formula is C17H17F3N2O2. The predicted molar refractivity (Wildman–Crippen MR) is 83.4 cm³/mol. The number of nitrogens with one attached hydrogen (secondary N) is 1. The van der Waals surface area contributed by atoms with E-state index in [9.17, 15) is 18.0 Å². The van der Waals surface area contributed by atoms with E-state index in [1.54, 1.807) is 6.92 Å². The number of carbonyl (C=O) groups is 1. The number of hydrogen-bond acceptors (Lipinski definition) is 4. The zero-order valence-corrected chi connectivity index (χ0v) is 13.0. The Hall–Kier alpha value is -2.57. The van der Waals surface area contributed by atoms with Gasteiger partial charge >= 0.3 is 12.1 Å². The summed E-state index contributed by atoms with van der Waals surface area (Å²) < 4.78 is 42.7. The van der Waals surface area contributed by atoms with Gasteiger partial charge in [0, 0.05) is 12.6 Å². The zero-order chi connectivity index (χ0) is 17.6. The third-order valence-electron chi connectivity index (χ3n) is 3.27. The number of rotatable bonds is 6. The number of esters is 1. The van der Waals surface area contributed by atoms with Crippen molar-refractivity contribution in [3.8, 4) is 0 Å². The van der Waals surface area contributed by atoms with Crippen LogP contribution in [0.15, 0.2) is 48.7 Å². The Morgan fingerprint density at radius 1 is 1.21 bits per heavy atom. The van der Waals surface area contributed by atoms with Gasteiger partial charge in [-0.1, -0.05) is 30.3 Å². The van der Waals surface area contributed by atoms with Crippen LogP contribution in [-0.2, 0) is 22.1 Å². The summed E-state index contributed by atoms with van der Waals surface area (Å²) >= 11 is 0. The predicted octanol–water partition coefficient (Wildman–Crippen LogP) is 3.69. The summed E-state index contributed by atoms with van der Waals surface area (Å²) in [6.07, 6.45) is -3.38. The number of carbonyl (C=O) groups excluding carboxylic acids is 1. The van der Waals surface area contributed by atoms with Crippen LogP contribution in [0.2, 0.25) is 0 Å². The molecule has 0 aliphatic rings. The average molecular weight is 338 g/mol. The molecule has 128 valence electrons. The molecule has 0 radical (unpaired) electrons. The standard InChI is InChI=1S/C17H17F3N2O2/c1-2-24-16(23)14(10-12-6-4-3-5-7-12)22-15-9-8-13(11-21-15)17(18,19)20/h3-9,11,14H,2,10H2,1H3,(H,21,22). The van der Waals surface area contributed by atoms with Gasteiger partial charge in [0.25, 0.3) is 0 Å². The van der Waals surface area contributed by atoms with Gasteiger partial charge in [-0.2, -0.15) is 13.2 Å². The smallest absolute Gasteiger partial charge is 0.417 e. The van der Waals surface area contributed by atoms with Gasteiger partial charge in [-0.05, 0) is 24.6 Å². The fourth-order valence-corrected chi connectivity index (χ4v) is 2.11. The first-order chi connectivity index (χ1) is 11.4. The molecule has 2 aromatic rings. The van der Waals surface area contributed by atoms with Gasteiger partial charge in [0.15, 0.2) is 0 Å². The van der Waals surface area contributed by atoms with E-state index >= 15 is 0 Å². The second-order valence-electron chi connectivity index (χ2n) is 5.07. The highest BCUT2D eigenvalue weighted by Gasteiger charge is 2.31. The molecule has 7 heteroatoms. The van der Waals surface area contributed by atoms with Crippen LogP contribution < -0.4 is 5.32 Å².